The molecule has 130 valence electrons. The molecule has 0 amide bonds. The van der Waals surface area contributed by atoms with E-state index >= 15 is 0 Å². The molecular formula is C18H19FN4OS. The Morgan fingerprint density at radius 1 is 1.12 bits per heavy atom. The largest absolute Gasteiger partial charge is 0.383 e. The van der Waals surface area contributed by atoms with Gasteiger partial charge in [0, 0.05) is 30.3 Å². The second-order valence-electron chi connectivity index (χ2n) is 5.50. The van der Waals surface area contributed by atoms with Gasteiger partial charge >= 0.3 is 0 Å². The molecule has 0 radical (unpaired) electrons. The van der Waals surface area contributed by atoms with Crippen LogP contribution in [0.1, 0.15) is 17.7 Å². The molecule has 2 heterocycles. The van der Waals surface area contributed by atoms with E-state index < -0.39 is 0 Å². The fraction of sp³-hybridized carbons (Fsp3) is 0.278. The highest BCUT2D eigenvalue weighted by atomic mass is 32.2. The van der Waals surface area contributed by atoms with Gasteiger partial charge in [0.2, 0.25) is 0 Å². The van der Waals surface area contributed by atoms with E-state index in [1.54, 1.807) is 43.4 Å². The van der Waals surface area contributed by atoms with Crippen LogP contribution < -0.4 is 0 Å². The van der Waals surface area contributed by atoms with Crippen molar-refractivity contribution in [3.63, 3.8) is 0 Å². The van der Waals surface area contributed by atoms with Gasteiger partial charge in [-0.1, -0.05) is 23.9 Å². The molecule has 0 aliphatic rings. The van der Waals surface area contributed by atoms with Gasteiger partial charge in [-0.25, -0.2) is 4.39 Å². The monoisotopic (exact) mass is 358 g/mol. The smallest absolute Gasteiger partial charge is 0.192 e. The van der Waals surface area contributed by atoms with E-state index in [0.29, 0.717) is 13.2 Å². The molecule has 0 spiro atoms. The average molecular weight is 358 g/mol. The zero-order valence-corrected chi connectivity index (χ0v) is 14.9. The fourth-order valence-corrected chi connectivity index (χ4v) is 3.44. The number of hydrogen-bond acceptors (Lipinski definition) is 5. The lowest BCUT2D eigenvalue weighted by Crippen LogP contribution is -2.08. The minimum atomic E-state index is -0.232. The molecule has 0 aliphatic carbocycles. The second kappa shape index (κ2) is 8.22. The summed E-state index contributed by atoms with van der Waals surface area (Å²) in [6.07, 6.45) is 3.47. The Morgan fingerprint density at radius 2 is 1.84 bits per heavy atom. The minimum absolute atomic E-state index is 0.122. The number of hydrogen-bond donors (Lipinski definition) is 0. The number of nitrogens with zero attached hydrogens (tertiary/aromatic N) is 4. The molecule has 0 bridgehead atoms. The Hall–Kier alpha value is -2.25. The van der Waals surface area contributed by atoms with Crippen LogP contribution >= 0.6 is 11.8 Å². The van der Waals surface area contributed by atoms with E-state index in [4.69, 9.17) is 4.74 Å². The molecule has 25 heavy (non-hydrogen) atoms. The van der Waals surface area contributed by atoms with Crippen molar-refractivity contribution in [2.24, 2.45) is 0 Å². The maximum Gasteiger partial charge on any atom is 0.192 e. The van der Waals surface area contributed by atoms with Gasteiger partial charge in [0.05, 0.1) is 13.2 Å². The fourth-order valence-electron chi connectivity index (χ4n) is 2.43. The summed E-state index contributed by atoms with van der Waals surface area (Å²) in [7, 11) is 1.67. The predicted octanol–water partition coefficient (Wildman–Crippen LogP) is 3.98. The standard InChI is InChI=1S/C18H19FN4OS/c1-13(14-3-5-16(19)6-4-14)25-18-22-21-17(23(18)11-12-24-2)15-7-9-20-10-8-15/h3-10,13H,11-12H2,1-2H3. The Balaban J connectivity index is 1.87. The van der Waals surface area contributed by atoms with Crippen molar-refractivity contribution in [3.8, 4) is 11.4 Å². The molecule has 1 aromatic carbocycles. The van der Waals surface area contributed by atoms with Crippen molar-refractivity contribution >= 4 is 11.8 Å². The van der Waals surface area contributed by atoms with Gasteiger partial charge in [-0.3, -0.25) is 9.55 Å². The van der Waals surface area contributed by atoms with Crippen LogP contribution in [0.2, 0.25) is 0 Å². The third-order valence-electron chi connectivity index (χ3n) is 3.80. The van der Waals surface area contributed by atoms with Crippen LogP contribution in [0.15, 0.2) is 53.9 Å². The normalized spacial score (nSPS) is 12.3. The first-order valence-corrected chi connectivity index (χ1v) is 8.81. The van der Waals surface area contributed by atoms with Crippen LogP contribution in [0.3, 0.4) is 0 Å². The highest BCUT2D eigenvalue weighted by Crippen LogP contribution is 2.35. The van der Waals surface area contributed by atoms with Gasteiger partial charge in [0.25, 0.3) is 0 Å². The molecule has 0 saturated heterocycles. The Labute approximate surface area is 150 Å². The Morgan fingerprint density at radius 3 is 2.52 bits per heavy atom. The molecule has 1 unspecified atom stereocenters. The summed E-state index contributed by atoms with van der Waals surface area (Å²) in [4.78, 5) is 4.05. The average Bonchev–Trinajstić information content (AvgIpc) is 3.03. The van der Waals surface area contributed by atoms with Crippen molar-refractivity contribution in [2.45, 2.75) is 23.9 Å². The summed E-state index contributed by atoms with van der Waals surface area (Å²) in [5.41, 5.74) is 2.00. The first-order valence-electron chi connectivity index (χ1n) is 7.93. The second-order valence-corrected chi connectivity index (χ2v) is 6.81. The molecule has 3 rings (SSSR count). The zero-order valence-electron chi connectivity index (χ0n) is 14.1. The Bertz CT molecular complexity index is 808. The van der Waals surface area contributed by atoms with Gasteiger partial charge < -0.3 is 4.74 Å². The van der Waals surface area contributed by atoms with Gasteiger partial charge in [0.1, 0.15) is 5.82 Å². The van der Waals surface area contributed by atoms with E-state index in [-0.39, 0.29) is 11.1 Å². The molecule has 5 nitrogen and oxygen atoms in total. The number of halogens is 1. The first-order chi connectivity index (χ1) is 12.2. The third-order valence-corrected chi connectivity index (χ3v) is 4.93. The summed E-state index contributed by atoms with van der Waals surface area (Å²) in [5.74, 6) is 0.553. The van der Waals surface area contributed by atoms with Crippen molar-refractivity contribution in [3.05, 3.63) is 60.2 Å². The van der Waals surface area contributed by atoms with E-state index in [1.165, 1.54) is 12.1 Å². The maximum atomic E-state index is 13.1. The van der Waals surface area contributed by atoms with Crippen LogP contribution in [-0.2, 0) is 11.3 Å². The first kappa shape index (κ1) is 17.6. The Kier molecular flexibility index (Phi) is 5.78. The molecule has 0 saturated carbocycles. The molecular weight excluding hydrogens is 339 g/mol. The van der Waals surface area contributed by atoms with E-state index in [2.05, 4.69) is 22.1 Å². The zero-order chi connectivity index (χ0) is 17.6. The molecule has 0 N–H and O–H groups in total. The molecule has 3 aromatic rings. The number of methoxy groups -OCH3 is 1. The van der Waals surface area contributed by atoms with Gasteiger partial charge in [-0.05, 0) is 36.8 Å². The van der Waals surface area contributed by atoms with Crippen LogP contribution in [0.5, 0.6) is 0 Å². The van der Waals surface area contributed by atoms with Gasteiger partial charge in [-0.2, -0.15) is 0 Å². The summed E-state index contributed by atoms with van der Waals surface area (Å²) in [6.45, 7) is 3.29. The quantitative estimate of drug-likeness (QED) is 0.598. The van der Waals surface area contributed by atoms with Gasteiger partial charge in [-0.15, -0.1) is 10.2 Å². The molecule has 0 fully saturated rings. The number of ether oxygens (including phenoxy) is 1. The number of rotatable bonds is 7. The van der Waals surface area contributed by atoms with Gasteiger partial charge in [0.15, 0.2) is 11.0 Å². The van der Waals surface area contributed by atoms with E-state index in [9.17, 15) is 4.39 Å². The lowest BCUT2D eigenvalue weighted by Gasteiger charge is -2.13. The molecule has 0 aliphatic heterocycles. The molecule has 1 atom stereocenters. The number of benzene rings is 1. The van der Waals surface area contributed by atoms with Crippen molar-refractivity contribution in [1.82, 2.24) is 19.7 Å². The topological polar surface area (TPSA) is 52.8 Å². The van der Waals surface area contributed by atoms with Crippen LogP contribution in [0, 0.1) is 5.82 Å². The summed E-state index contributed by atoms with van der Waals surface area (Å²) < 4.78 is 20.4. The number of thioether (sulfide) groups is 1. The predicted molar refractivity (Wildman–Crippen MR) is 95.8 cm³/mol. The molecule has 2 aromatic heterocycles. The van der Waals surface area contributed by atoms with Crippen molar-refractivity contribution in [1.29, 1.82) is 0 Å². The number of pyridine rings is 1. The lowest BCUT2D eigenvalue weighted by molar-refractivity contribution is 0.185. The van der Waals surface area contributed by atoms with Crippen LogP contribution in [0.25, 0.3) is 11.4 Å². The lowest BCUT2D eigenvalue weighted by atomic mass is 10.2. The van der Waals surface area contributed by atoms with Crippen LogP contribution in [-0.4, -0.2) is 33.5 Å². The molecule has 7 heteroatoms. The maximum absolute atomic E-state index is 13.1. The van der Waals surface area contributed by atoms with E-state index in [0.717, 1.165) is 22.1 Å². The van der Waals surface area contributed by atoms with E-state index in [1.807, 2.05) is 16.7 Å². The van der Waals surface area contributed by atoms with Crippen LogP contribution in [0.4, 0.5) is 4.39 Å². The van der Waals surface area contributed by atoms with Crippen molar-refractivity contribution < 1.29 is 9.13 Å². The minimum Gasteiger partial charge on any atom is -0.383 e. The SMILES string of the molecule is COCCn1c(SC(C)c2ccc(F)cc2)nnc1-c1ccncc1. The highest BCUT2D eigenvalue weighted by Gasteiger charge is 2.17. The number of aromatic nitrogens is 4. The summed E-state index contributed by atoms with van der Waals surface area (Å²) in [6, 6.07) is 10.4. The summed E-state index contributed by atoms with van der Waals surface area (Å²) in [5, 5.41) is 9.63. The highest BCUT2D eigenvalue weighted by molar-refractivity contribution is 7.99. The third kappa shape index (κ3) is 4.24. The summed E-state index contributed by atoms with van der Waals surface area (Å²) >= 11 is 1.59. The van der Waals surface area contributed by atoms with Crippen molar-refractivity contribution in [2.75, 3.05) is 13.7 Å².